The Morgan fingerprint density at radius 2 is 2.21 bits per heavy atom. The van der Waals surface area contributed by atoms with Gasteiger partial charge >= 0.3 is 0 Å². The molecule has 108 valence electrons. The van der Waals surface area contributed by atoms with E-state index in [1.165, 1.54) is 9.35 Å². The van der Waals surface area contributed by atoms with E-state index in [1.807, 2.05) is 0 Å². The Bertz CT molecular complexity index is 385. The zero-order chi connectivity index (χ0) is 13.7. The molecule has 1 aromatic heterocycles. The minimum absolute atomic E-state index is 0.142. The average molecular weight is 348 g/mol. The van der Waals surface area contributed by atoms with Gasteiger partial charge in [-0.15, -0.1) is 11.3 Å². The van der Waals surface area contributed by atoms with E-state index in [2.05, 4.69) is 46.5 Å². The van der Waals surface area contributed by atoms with Gasteiger partial charge in [0.05, 0.1) is 11.6 Å². The lowest BCUT2D eigenvalue weighted by Crippen LogP contribution is -2.49. The fourth-order valence-electron chi connectivity index (χ4n) is 2.75. The van der Waals surface area contributed by atoms with Gasteiger partial charge in [0.15, 0.2) is 0 Å². The van der Waals surface area contributed by atoms with Crippen molar-refractivity contribution in [1.82, 2.24) is 5.32 Å². The quantitative estimate of drug-likeness (QED) is 0.849. The van der Waals surface area contributed by atoms with Crippen LogP contribution < -0.4 is 5.32 Å². The van der Waals surface area contributed by atoms with E-state index in [-0.39, 0.29) is 11.6 Å². The van der Waals surface area contributed by atoms with E-state index in [0.717, 1.165) is 39.2 Å². The number of likely N-dealkylation sites (N-methyl/N-ethyl adjacent to an activating group) is 1. The van der Waals surface area contributed by atoms with Crippen molar-refractivity contribution in [2.24, 2.45) is 0 Å². The van der Waals surface area contributed by atoms with Gasteiger partial charge in [0.2, 0.25) is 0 Å². The maximum absolute atomic E-state index is 6.21. The molecule has 3 nitrogen and oxygen atoms in total. The molecule has 0 aliphatic carbocycles. The van der Waals surface area contributed by atoms with Gasteiger partial charge < -0.3 is 14.8 Å². The monoisotopic (exact) mass is 347 g/mol. The molecule has 19 heavy (non-hydrogen) atoms. The first-order valence-corrected chi connectivity index (χ1v) is 8.58. The second kappa shape index (κ2) is 7.18. The van der Waals surface area contributed by atoms with E-state index in [1.54, 1.807) is 11.3 Å². The van der Waals surface area contributed by atoms with Crippen LogP contribution in [-0.2, 0) is 9.47 Å². The van der Waals surface area contributed by atoms with Gasteiger partial charge in [-0.1, -0.05) is 6.92 Å². The summed E-state index contributed by atoms with van der Waals surface area (Å²) in [6.07, 6.45) is 1.89. The van der Waals surface area contributed by atoms with Crippen LogP contribution in [0.3, 0.4) is 0 Å². The van der Waals surface area contributed by atoms with Crippen molar-refractivity contribution in [1.29, 1.82) is 0 Å². The van der Waals surface area contributed by atoms with E-state index < -0.39 is 0 Å². The molecule has 1 aliphatic rings. The molecule has 1 N–H and O–H groups in total. The van der Waals surface area contributed by atoms with Crippen LogP contribution in [0.1, 0.15) is 37.6 Å². The van der Waals surface area contributed by atoms with Crippen LogP contribution in [-0.4, -0.2) is 32.0 Å². The van der Waals surface area contributed by atoms with E-state index in [4.69, 9.17) is 9.47 Å². The van der Waals surface area contributed by atoms with Gasteiger partial charge in [0.1, 0.15) is 0 Å². The molecule has 1 atom stereocenters. The number of hydrogen-bond acceptors (Lipinski definition) is 4. The Balaban J connectivity index is 2.31. The van der Waals surface area contributed by atoms with Gasteiger partial charge in [0.25, 0.3) is 0 Å². The fraction of sp³-hybridized carbons (Fsp3) is 0.714. The molecule has 0 spiro atoms. The second-order valence-electron chi connectivity index (χ2n) is 4.73. The van der Waals surface area contributed by atoms with Gasteiger partial charge in [-0.3, -0.25) is 0 Å². The van der Waals surface area contributed by atoms with Crippen LogP contribution in [0.2, 0.25) is 0 Å². The van der Waals surface area contributed by atoms with Crippen molar-refractivity contribution in [3.05, 3.63) is 20.8 Å². The normalized spacial score (nSPS) is 20.4. The first-order chi connectivity index (χ1) is 9.23. The number of rotatable bonds is 6. The Hall–Kier alpha value is 0.0600. The topological polar surface area (TPSA) is 30.5 Å². The maximum Gasteiger partial charge on any atom is 0.0928 e. The van der Waals surface area contributed by atoms with Crippen LogP contribution in [0.5, 0.6) is 0 Å². The standard InChI is InChI=1S/C14H22BrNO2S/c1-3-16-13(12-11(15)5-10-19-12)14(18-4-2)6-8-17-9-7-14/h5,10,13,16H,3-4,6-9H2,1-2H3. The van der Waals surface area contributed by atoms with Crippen molar-refractivity contribution >= 4 is 27.3 Å². The Morgan fingerprint density at radius 1 is 1.47 bits per heavy atom. The highest BCUT2D eigenvalue weighted by Gasteiger charge is 2.42. The summed E-state index contributed by atoms with van der Waals surface area (Å²) in [5.74, 6) is 0. The number of ether oxygens (including phenoxy) is 2. The largest absolute Gasteiger partial charge is 0.381 e. The molecule has 0 aromatic carbocycles. The van der Waals surface area contributed by atoms with Gasteiger partial charge in [0, 0.05) is 42.0 Å². The third-order valence-corrected chi connectivity index (χ3v) is 5.55. The molecule has 1 aromatic rings. The minimum Gasteiger partial charge on any atom is -0.381 e. The van der Waals surface area contributed by atoms with Gasteiger partial charge in [-0.05, 0) is 40.8 Å². The SMILES string of the molecule is CCNC(c1sccc1Br)C1(OCC)CCOCC1. The fourth-order valence-corrected chi connectivity index (χ4v) is 4.54. The molecule has 1 saturated heterocycles. The summed E-state index contributed by atoms with van der Waals surface area (Å²) >= 11 is 5.45. The van der Waals surface area contributed by atoms with E-state index >= 15 is 0 Å². The lowest BCUT2D eigenvalue weighted by Gasteiger charge is -2.43. The summed E-state index contributed by atoms with van der Waals surface area (Å²) in [7, 11) is 0. The zero-order valence-corrected chi connectivity index (χ0v) is 14.0. The van der Waals surface area contributed by atoms with Crippen LogP contribution in [0, 0.1) is 0 Å². The lowest BCUT2D eigenvalue weighted by molar-refractivity contribution is -0.127. The summed E-state index contributed by atoms with van der Waals surface area (Å²) < 4.78 is 12.9. The predicted molar refractivity (Wildman–Crippen MR) is 82.8 cm³/mol. The van der Waals surface area contributed by atoms with Crippen molar-refractivity contribution < 1.29 is 9.47 Å². The third-order valence-electron chi connectivity index (χ3n) is 3.61. The highest BCUT2D eigenvalue weighted by Crippen LogP contribution is 2.42. The molecular weight excluding hydrogens is 326 g/mol. The summed E-state index contributed by atoms with van der Waals surface area (Å²) in [4.78, 5) is 1.33. The third kappa shape index (κ3) is 3.39. The average Bonchev–Trinajstić information content (AvgIpc) is 2.83. The van der Waals surface area contributed by atoms with Crippen molar-refractivity contribution in [3.8, 4) is 0 Å². The Labute approximate surface area is 127 Å². The number of thiophene rings is 1. The van der Waals surface area contributed by atoms with Crippen LogP contribution in [0.25, 0.3) is 0 Å². The van der Waals surface area contributed by atoms with Crippen molar-refractivity contribution in [2.45, 2.75) is 38.3 Å². The summed E-state index contributed by atoms with van der Waals surface area (Å²) in [5.41, 5.74) is -0.142. The highest BCUT2D eigenvalue weighted by molar-refractivity contribution is 9.10. The molecule has 1 aliphatic heterocycles. The number of nitrogens with one attached hydrogen (secondary N) is 1. The lowest BCUT2D eigenvalue weighted by atomic mass is 9.85. The molecule has 0 bridgehead atoms. The van der Waals surface area contributed by atoms with Gasteiger partial charge in [-0.25, -0.2) is 0 Å². The second-order valence-corrected chi connectivity index (χ2v) is 6.54. The van der Waals surface area contributed by atoms with E-state index in [9.17, 15) is 0 Å². The van der Waals surface area contributed by atoms with Crippen LogP contribution >= 0.6 is 27.3 Å². The summed E-state index contributed by atoms with van der Waals surface area (Å²) in [5, 5.41) is 5.75. The smallest absolute Gasteiger partial charge is 0.0928 e. The highest BCUT2D eigenvalue weighted by atomic mass is 79.9. The zero-order valence-electron chi connectivity index (χ0n) is 11.6. The summed E-state index contributed by atoms with van der Waals surface area (Å²) in [6.45, 7) is 7.46. The minimum atomic E-state index is -0.142. The molecule has 5 heteroatoms. The van der Waals surface area contributed by atoms with Crippen LogP contribution in [0.15, 0.2) is 15.9 Å². The molecule has 1 fully saturated rings. The molecule has 1 unspecified atom stereocenters. The Kier molecular flexibility index (Phi) is 5.84. The molecule has 0 saturated carbocycles. The molecule has 2 rings (SSSR count). The van der Waals surface area contributed by atoms with Crippen LogP contribution in [0.4, 0.5) is 0 Å². The number of hydrogen-bond donors (Lipinski definition) is 1. The number of halogens is 1. The molecule has 2 heterocycles. The van der Waals surface area contributed by atoms with E-state index in [0.29, 0.717) is 0 Å². The first kappa shape index (κ1) is 15.4. The molecule has 0 amide bonds. The van der Waals surface area contributed by atoms with Gasteiger partial charge in [-0.2, -0.15) is 0 Å². The molecular formula is C14H22BrNO2S. The predicted octanol–water partition coefficient (Wildman–Crippen LogP) is 3.75. The molecule has 0 radical (unpaired) electrons. The van der Waals surface area contributed by atoms with Crippen molar-refractivity contribution in [2.75, 3.05) is 26.4 Å². The maximum atomic E-state index is 6.21. The first-order valence-electron chi connectivity index (χ1n) is 6.91. The van der Waals surface area contributed by atoms with Crippen molar-refractivity contribution in [3.63, 3.8) is 0 Å². The Morgan fingerprint density at radius 3 is 2.74 bits per heavy atom. The summed E-state index contributed by atoms with van der Waals surface area (Å²) in [6, 6.07) is 2.35.